The van der Waals surface area contributed by atoms with Gasteiger partial charge in [-0.2, -0.15) is 0 Å². The van der Waals surface area contributed by atoms with Gasteiger partial charge in [-0.05, 0) is 25.5 Å². The average molecular weight is 277 g/mol. The number of hydrogen-bond acceptors (Lipinski definition) is 3. The summed E-state index contributed by atoms with van der Waals surface area (Å²) in [7, 11) is 1.59. The number of hydrogen-bond donors (Lipinski definition) is 2. The van der Waals surface area contributed by atoms with Crippen molar-refractivity contribution in [2.24, 2.45) is 5.73 Å². The van der Waals surface area contributed by atoms with Crippen LogP contribution in [0.2, 0.25) is 0 Å². The lowest BCUT2D eigenvalue weighted by atomic mass is 10.1. The molecule has 0 fully saturated rings. The maximum absolute atomic E-state index is 11.9. The molecule has 0 aliphatic carbocycles. The van der Waals surface area contributed by atoms with Crippen LogP contribution in [0.3, 0.4) is 0 Å². The Labute approximate surface area is 120 Å². The summed E-state index contributed by atoms with van der Waals surface area (Å²) in [5, 5.41) is 2.75. The van der Waals surface area contributed by atoms with Crippen molar-refractivity contribution in [1.29, 1.82) is 0 Å². The molecule has 5 heteroatoms. The van der Waals surface area contributed by atoms with Crippen molar-refractivity contribution in [3.63, 3.8) is 0 Å². The first kappa shape index (κ1) is 16.2. The van der Waals surface area contributed by atoms with Crippen LogP contribution in [0.4, 0.5) is 5.69 Å². The molecular weight excluding hydrogens is 254 g/mol. The summed E-state index contributed by atoms with van der Waals surface area (Å²) < 4.78 is 0. The number of aryl methyl sites for hydroxylation is 1. The van der Waals surface area contributed by atoms with Crippen LogP contribution in [0, 0.1) is 6.92 Å². The van der Waals surface area contributed by atoms with Crippen LogP contribution in [0.25, 0.3) is 0 Å². The fraction of sp³-hybridized carbons (Fsp3) is 0.467. The van der Waals surface area contributed by atoms with Crippen LogP contribution in [-0.2, 0) is 9.59 Å². The molecule has 20 heavy (non-hydrogen) atoms. The molecule has 0 saturated carbocycles. The molecule has 0 radical (unpaired) electrons. The molecule has 110 valence electrons. The highest BCUT2D eigenvalue weighted by molar-refractivity contribution is 5.95. The third-order valence-electron chi connectivity index (χ3n) is 3.01. The highest BCUT2D eigenvalue weighted by Crippen LogP contribution is 2.08. The topological polar surface area (TPSA) is 75.4 Å². The summed E-state index contributed by atoms with van der Waals surface area (Å²) in [6.45, 7) is 3.95. The lowest BCUT2D eigenvalue weighted by Crippen LogP contribution is -2.44. The fourth-order valence-corrected chi connectivity index (χ4v) is 1.85. The van der Waals surface area contributed by atoms with E-state index >= 15 is 0 Å². The molecule has 5 nitrogen and oxygen atoms in total. The number of likely N-dealkylation sites (N-methyl/N-ethyl adjacent to an activating group) is 1. The maximum Gasteiger partial charge on any atom is 0.243 e. The van der Waals surface area contributed by atoms with Crippen molar-refractivity contribution in [2.45, 2.75) is 32.7 Å². The normalized spacial score (nSPS) is 11.8. The number of carbonyl (C=O) groups excluding carboxylic acids is 2. The van der Waals surface area contributed by atoms with E-state index in [-0.39, 0.29) is 18.4 Å². The highest BCUT2D eigenvalue weighted by atomic mass is 16.2. The summed E-state index contributed by atoms with van der Waals surface area (Å²) in [6.07, 6.45) is 1.47. The van der Waals surface area contributed by atoms with Crippen LogP contribution in [0.1, 0.15) is 25.3 Å². The minimum atomic E-state index is -0.530. The molecule has 2 amide bonds. The molecule has 0 aliphatic heterocycles. The Morgan fingerprint density at radius 1 is 1.30 bits per heavy atom. The van der Waals surface area contributed by atoms with E-state index in [9.17, 15) is 9.59 Å². The van der Waals surface area contributed by atoms with Gasteiger partial charge in [-0.1, -0.05) is 31.0 Å². The second-order valence-electron chi connectivity index (χ2n) is 5.00. The minimum Gasteiger partial charge on any atom is -0.335 e. The molecule has 1 atom stereocenters. The van der Waals surface area contributed by atoms with Crippen LogP contribution >= 0.6 is 0 Å². The smallest absolute Gasteiger partial charge is 0.243 e. The number of nitrogens with two attached hydrogens (primary N) is 1. The Kier molecular flexibility index (Phi) is 6.18. The van der Waals surface area contributed by atoms with Crippen LogP contribution < -0.4 is 11.1 Å². The van der Waals surface area contributed by atoms with E-state index in [1.165, 1.54) is 4.90 Å². The standard InChI is InChI=1S/C15H23N3O2/c1-4-5-13(16)15(20)18(3)10-14(19)17-12-8-6-11(2)7-9-12/h6-9,13H,4-5,10,16H2,1-3H3,(H,17,19). The SMILES string of the molecule is CCCC(N)C(=O)N(C)CC(=O)Nc1ccc(C)cc1. The average Bonchev–Trinajstić information content (AvgIpc) is 2.40. The zero-order valence-electron chi connectivity index (χ0n) is 12.3. The molecule has 1 aromatic carbocycles. The molecule has 1 unspecified atom stereocenters. The van der Waals surface area contributed by atoms with E-state index < -0.39 is 6.04 Å². The lowest BCUT2D eigenvalue weighted by Gasteiger charge is -2.20. The van der Waals surface area contributed by atoms with Gasteiger partial charge in [-0.25, -0.2) is 0 Å². The zero-order chi connectivity index (χ0) is 15.1. The largest absolute Gasteiger partial charge is 0.335 e. The summed E-state index contributed by atoms with van der Waals surface area (Å²) in [6, 6.07) is 6.97. The number of benzene rings is 1. The van der Waals surface area contributed by atoms with E-state index in [0.29, 0.717) is 6.42 Å². The lowest BCUT2D eigenvalue weighted by molar-refractivity contribution is -0.134. The van der Waals surface area contributed by atoms with E-state index in [4.69, 9.17) is 5.73 Å². The highest BCUT2D eigenvalue weighted by Gasteiger charge is 2.19. The molecule has 0 aliphatic rings. The first-order valence-corrected chi connectivity index (χ1v) is 6.81. The van der Waals surface area contributed by atoms with E-state index in [2.05, 4.69) is 5.32 Å². The Morgan fingerprint density at radius 3 is 2.45 bits per heavy atom. The van der Waals surface area contributed by atoms with Gasteiger partial charge in [0.15, 0.2) is 0 Å². The van der Waals surface area contributed by atoms with Gasteiger partial charge in [-0.15, -0.1) is 0 Å². The zero-order valence-corrected chi connectivity index (χ0v) is 12.3. The summed E-state index contributed by atoms with van der Waals surface area (Å²) in [4.78, 5) is 25.1. The van der Waals surface area contributed by atoms with Gasteiger partial charge in [0.05, 0.1) is 12.6 Å². The summed E-state index contributed by atoms with van der Waals surface area (Å²) >= 11 is 0. The Balaban J connectivity index is 2.49. The monoisotopic (exact) mass is 277 g/mol. The van der Waals surface area contributed by atoms with Crippen molar-refractivity contribution < 1.29 is 9.59 Å². The molecule has 3 N–H and O–H groups in total. The number of rotatable bonds is 6. The van der Waals surface area contributed by atoms with Gasteiger partial charge < -0.3 is 16.0 Å². The predicted octanol–water partition coefficient (Wildman–Crippen LogP) is 1.52. The van der Waals surface area contributed by atoms with Gasteiger partial charge in [0.2, 0.25) is 11.8 Å². The third-order valence-corrected chi connectivity index (χ3v) is 3.01. The molecule has 0 heterocycles. The summed E-state index contributed by atoms with van der Waals surface area (Å²) in [5.74, 6) is -0.431. The van der Waals surface area contributed by atoms with Gasteiger partial charge in [0.25, 0.3) is 0 Å². The van der Waals surface area contributed by atoms with E-state index in [1.54, 1.807) is 7.05 Å². The molecule has 0 spiro atoms. The van der Waals surface area contributed by atoms with Gasteiger partial charge in [0, 0.05) is 12.7 Å². The van der Waals surface area contributed by atoms with Crippen LogP contribution in [-0.4, -0.2) is 36.3 Å². The van der Waals surface area contributed by atoms with Crippen molar-refractivity contribution in [1.82, 2.24) is 4.90 Å². The first-order valence-electron chi connectivity index (χ1n) is 6.81. The van der Waals surface area contributed by atoms with Crippen molar-refractivity contribution in [3.8, 4) is 0 Å². The number of nitrogens with zero attached hydrogens (tertiary/aromatic N) is 1. The molecule has 1 aromatic rings. The van der Waals surface area contributed by atoms with Crippen molar-refractivity contribution >= 4 is 17.5 Å². The first-order chi connectivity index (χ1) is 9.43. The van der Waals surface area contributed by atoms with Crippen molar-refractivity contribution in [2.75, 3.05) is 18.9 Å². The third kappa shape index (κ3) is 5.01. The quantitative estimate of drug-likeness (QED) is 0.827. The molecule has 1 rings (SSSR count). The van der Waals surface area contributed by atoms with E-state index in [0.717, 1.165) is 17.7 Å². The molecule has 0 bridgehead atoms. The summed E-state index contributed by atoms with van der Waals surface area (Å²) in [5.41, 5.74) is 7.60. The van der Waals surface area contributed by atoms with Gasteiger partial charge in [0.1, 0.15) is 0 Å². The molecule has 0 saturated heterocycles. The van der Waals surface area contributed by atoms with E-state index in [1.807, 2.05) is 38.1 Å². The second-order valence-corrected chi connectivity index (χ2v) is 5.00. The molecule has 0 aromatic heterocycles. The molecular formula is C15H23N3O2. The van der Waals surface area contributed by atoms with Gasteiger partial charge >= 0.3 is 0 Å². The van der Waals surface area contributed by atoms with Gasteiger partial charge in [-0.3, -0.25) is 9.59 Å². The fourth-order valence-electron chi connectivity index (χ4n) is 1.85. The van der Waals surface area contributed by atoms with Crippen LogP contribution in [0.5, 0.6) is 0 Å². The Morgan fingerprint density at radius 2 is 1.90 bits per heavy atom. The Bertz CT molecular complexity index is 457. The Hall–Kier alpha value is -1.88. The minimum absolute atomic E-state index is 0.00409. The number of nitrogens with one attached hydrogen (secondary N) is 1. The number of anilines is 1. The number of amides is 2. The van der Waals surface area contributed by atoms with Crippen molar-refractivity contribution in [3.05, 3.63) is 29.8 Å². The predicted molar refractivity (Wildman–Crippen MR) is 80.3 cm³/mol. The maximum atomic E-state index is 11.9. The number of carbonyl (C=O) groups is 2. The van der Waals surface area contributed by atoms with Crippen LogP contribution in [0.15, 0.2) is 24.3 Å². The second kappa shape index (κ2) is 7.65.